The summed E-state index contributed by atoms with van der Waals surface area (Å²) in [5.41, 5.74) is 2.14. The topological polar surface area (TPSA) is 37.8 Å². The van der Waals surface area contributed by atoms with Crippen molar-refractivity contribution in [3.05, 3.63) is 45.0 Å². The van der Waals surface area contributed by atoms with Gasteiger partial charge in [-0.05, 0) is 47.7 Å². The lowest BCUT2D eigenvalue weighted by Gasteiger charge is -2.10. The molecule has 3 rings (SSSR count). The molecule has 0 unspecified atom stereocenters. The van der Waals surface area contributed by atoms with E-state index in [1.807, 2.05) is 36.6 Å². The Morgan fingerprint density at radius 2 is 2.11 bits per heavy atom. The highest BCUT2D eigenvalue weighted by Crippen LogP contribution is 2.30. The monoisotopic (exact) mass is 353 g/mol. The molecule has 0 aliphatic rings. The van der Waals surface area contributed by atoms with Crippen molar-refractivity contribution in [1.82, 2.24) is 9.97 Å². The predicted molar refractivity (Wildman–Crippen MR) is 84.6 cm³/mol. The average molecular weight is 355 g/mol. The van der Waals surface area contributed by atoms with Gasteiger partial charge < -0.3 is 5.32 Å². The van der Waals surface area contributed by atoms with Crippen molar-refractivity contribution in [2.24, 2.45) is 0 Å². The summed E-state index contributed by atoms with van der Waals surface area (Å²) in [5.74, 6) is 0.734. The molecule has 0 atom stereocenters. The maximum atomic E-state index is 5.95. The third-order valence-corrected chi connectivity index (χ3v) is 4.22. The fourth-order valence-electron chi connectivity index (χ4n) is 1.78. The SMILES string of the molecule is Cc1ccc(Br)cc1Nc1nc(Cl)nc2sccc12. The maximum absolute atomic E-state index is 5.95. The zero-order chi connectivity index (χ0) is 13.4. The molecule has 96 valence electrons. The molecule has 3 nitrogen and oxygen atoms in total. The van der Waals surface area contributed by atoms with Crippen molar-refractivity contribution in [3.8, 4) is 0 Å². The Morgan fingerprint density at radius 3 is 2.95 bits per heavy atom. The van der Waals surface area contributed by atoms with Gasteiger partial charge in [-0.3, -0.25) is 0 Å². The minimum atomic E-state index is 0.255. The number of hydrogen-bond donors (Lipinski definition) is 1. The summed E-state index contributed by atoms with van der Waals surface area (Å²) < 4.78 is 1.02. The second-order valence-electron chi connectivity index (χ2n) is 4.06. The number of thiophene rings is 1. The molecule has 1 aromatic carbocycles. The van der Waals surface area contributed by atoms with Gasteiger partial charge in [0.05, 0.1) is 5.39 Å². The zero-order valence-corrected chi connectivity index (χ0v) is 13.1. The lowest BCUT2D eigenvalue weighted by molar-refractivity contribution is 1.22. The molecular weight excluding hydrogens is 346 g/mol. The smallest absolute Gasteiger partial charge is 0.225 e. The van der Waals surface area contributed by atoms with E-state index in [1.165, 1.54) is 0 Å². The first-order chi connectivity index (χ1) is 9.13. The molecule has 0 radical (unpaired) electrons. The number of anilines is 2. The van der Waals surface area contributed by atoms with Crippen LogP contribution in [0.15, 0.2) is 34.1 Å². The van der Waals surface area contributed by atoms with Crippen molar-refractivity contribution in [2.45, 2.75) is 6.92 Å². The Morgan fingerprint density at radius 1 is 1.26 bits per heavy atom. The minimum Gasteiger partial charge on any atom is -0.339 e. The van der Waals surface area contributed by atoms with Crippen molar-refractivity contribution in [1.29, 1.82) is 0 Å². The van der Waals surface area contributed by atoms with E-state index in [1.54, 1.807) is 11.3 Å². The summed E-state index contributed by atoms with van der Waals surface area (Å²) in [7, 11) is 0. The van der Waals surface area contributed by atoms with E-state index >= 15 is 0 Å². The molecule has 0 aliphatic carbocycles. The van der Waals surface area contributed by atoms with Crippen LogP contribution in [0, 0.1) is 6.92 Å². The van der Waals surface area contributed by atoms with Crippen LogP contribution in [0.2, 0.25) is 5.28 Å². The molecule has 0 aliphatic heterocycles. The Labute approximate surface area is 127 Å². The van der Waals surface area contributed by atoms with Gasteiger partial charge >= 0.3 is 0 Å². The second kappa shape index (κ2) is 5.07. The molecule has 2 aromatic heterocycles. The third kappa shape index (κ3) is 2.59. The van der Waals surface area contributed by atoms with Crippen LogP contribution in [0.3, 0.4) is 0 Å². The maximum Gasteiger partial charge on any atom is 0.225 e. The van der Waals surface area contributed by atoms with Gasteiger partial charge in [-0.2, -0.15) is 4.98 Å². The molecule has 0 fully saturated rings. The second-order valence-corrected chi connectivity index (χ2v) is 6.21. The summed E-state index contributed by atoms with van der Waals surface area (Å²) >= 11 is 11.0. The summed E-state index contributed by atoms with van der Waals surface area (Å²) in [6, 6.07) is 8.06. The molecule has 0 amide bonds. The van der Waals surface area contributed by atoms with Crippen molar-refractivity contribution in [2.75, 3.05) is 5.32 Å². The van der Waals surface area contributed by atoms with Crippen LogP contribution >= 0.6 is 38.9 Å². The van der Waals surface area contributed by atoms with E-state index in [9.17, 15) is 0 Å². The number of hydrogen-bond acceptors (Lipinski definition) is 4. The first-order valence-electron chi connectivity index (χ1n) is 5.57. The summed E-state index contributed by atoms with van der Waals surface area (Å²) in [4.78, 5) is 9.36. The van der Waals surface area contributed by atoms with Gasteiger partial charge in [0.15, 0.2) is 0 Å². The van der Waals surface area contributed by atoms with Crippen LogP contribution in [0.5, 0.6) is 0 Å². The molecule has 0 spiro atoms. The van der Waals surface area contributed by atoms with Gasteiger partial charge in [-0.25, -0.2) is 4.98 Å². The third-order valence-electron chi connectivity index (χ3n) is 2.75. The highest BCUT2D eigenvalue weighted by atomic mass is 79.9. The average Bonchev–Trinajstić information content (AvgIpc) is 2.82. The van der Waals surface area contributed by atoms with Crippen LogP contribution in [0.25, 0.3) is 10.2 Å². The number of halogens is 2. The van der Waals surface area contributed by atoms with Crippen LogP contribution in [0.4, 0.5) is 11.5 Å². The lowest BCUT2D eigenvalue weighted by atomic mass is 10.2. The van der Waals surface area contributed by atoms with Crippen LogP contribution in [-0.4, -0.2) is 9.97 Å². The molecular formula is C13H9BrClN3S. The fourth-order valence-corrected chi connectivity index (χ4v) is 3.13. The standard InChI is InChI=1S/C13H9BrClN3S/c1-7-2-3-8(14)6-10(7)16-11-9-4-5-19-12(9)18-13(15)17-11/h2-6H,1H3,(H,16,17,18). The number of rotatable bonds is 2. The van der Waals surface area contributed by atoms with Crippen molar-refractivity contribution in [3.63, 3.8) is 0 Å². The highest BCUT2D eigenvalue weighted by Gasteiger charge is 2.09. The fraction of sp³-hybridized carbons (Fsp3) is 0.0769. The van der Waals surface area contributed by atoms with Crippen LogP contribution < -0.4 is 5.32 Å². The molecule has 1 N–H and O–H groups in total. The quantitative estimate of drug-likeness (QED) is 0.646. The highest BCUT2D eigenvalue weighted by molar-refractivity contribution is 9.10. The summed E-state index contributed by atoms with van der Waals surface area (Å²) in [6.45, 7) is 2.04. The summed E-state index contributed by atoms with van der Waals surface area (Å²) in [6.07, 6.45) is 0. The Kier molecular flexibility index (Phi) is 3.43. The minimum absolute atomic E-state index is 0.255. The molecule has 0 saturated carbocycles. The van der Waals surface area contributed by atoms with E-state index < -0.39 is 0 Å². The largest absolute Gasteiger partial charge is 0.339 e. The van der Waals surface area contributed by atoms with Crippen LogP contribution in [0.1, 0.15) is 5.56 Å². The zero-order valence-electron chi connectivity index (χ0n) is 9.95. The van der Waals surface area contributed by atoms with Gasteiger partial charge in [0.2, 0.25) is 5.28 Å². The van der Waals surface area contributed by atoms with E-state index in [0.29, 0.717) is 0 Å². The molecule has 2 heterocycles. The Hall–Kier alpha value is -1.17. The molecule has 0 bridgehead atoms. The number of nitrogens with zero attached hydrogens (tertiary/aromatic N) is 2. The molecule has 6 heteroatoms. The Bertz CT molecular complexity index is 757. The first kappa shape index (κ1) is 12.8. The first-order valence-corrected chi connectivity index (χ1v) is 7.62. The number of aryl methyl sites for hydroxylation is 1. The Balaban J connectivity index is 2.10. The number of aromatic nitrogens is 2. The predicted octanol–water partition coefficient (Wildman–Crippen LogP) is 5.16. The molecule has 19 heavy (non-hydrogen) atoms. The van der Waals surface area contributed by atoms with Gasteiger partial charge in [-0.1, -0.05) is 22.0 Å². The van der Waals surface area contributed by atoms with Crippen LogP contribution in [-0.2, 0) is 0 Å². The number of benzene rings is 1. The molecule has 0 saturated heterocycles. The van der Waals surface area contributed by atoms with E-state index in [2.05, 4.69) is 31.2 Å². The normalized spacial score (nSPS) is 10.9. The van der Waals surface area contributed by atoms with Gasteiger partial charge in [0.1, 0.15) is 10.6 Å². The van der Waals surface area contributed by atoms with E-state index in [-0.39, 0.29) is 5.28 Å². The number of nitrogens with one attached hydrogen (secondary N) is 1. The summed E-state index contributed by atoms with van der Waals surface area (Å²) in [5, 5.41) is 6.54. The van der Waals surface area contributed by atoms with Gasteiger partial charge in [-0.15, -0.1) is 11.3 Å². The van der Waals surface area contributed by atoms with E-state index in [4.69, 9.17) is 11.6 Å². The van der Waals surface area contributed by atoms with Crippen molar-refractivity contribution >= 4 is 60.6 Å². The van der Waals surface area contributed by atoms with Crippen molar-refractivity contribution < 1.29 is 0 Å². The number of fused-ring (bicyclic) bond motifs is 1. The lowest BCUT2D eigenvalue weighted by Crippen LogP contribution is -1.97. The van der Waals surface area contributed by atoms with E-state index in [0.717, 1.165) is 31.8 Å². The molecule has 3 aromatic rings. The van der Waals surface area contributed by atoms with Gasteiger partial charge in [0, 0.05) is 10.2 Å². The van der Waals surface area contributed by atoms with Gasteiger partial charge in [0.25, 0.3) is 0 Å².